The lowest BCUT2D eigenvalue weighted by Crippen LogP contribution is -2.51. The molecule has 3 rings (SSSR count). The summed E-state index contributed by atoms with van der Waals surface area (Å²) in [5, 5.41) is 2.48. The monoisotopic (exact) mass is 409 g/mol. The molecule has 28 heavy (non-hydrogen) atoms. The summed E-state index contributed by atoms with van der Waals surface area (Å²) < 4.78 is 44.4. The molecule has 1 aromatic carbocycles. The fourth-order valence-electron chi connectivity index (χ4n) is 2.88. The van der Waals surface area contributed by atoms with Crippen molar-refractivity contribution in [2.75, 3.05) is 38.5 Å². The molecule has 1 aliphatic rings. The molecule has 1 saturated heterocycles. The topological polar surface area (TPSA) is 99.9 Å². The number of piperazine rings is 1. The zero-order valence-corrected chi connectivity index (χ0v) is 15.8. The van der Waals surface area contributed by atoms with Gasteiger partial charge < -0.3 is 14.6 Å². The van der Waals surface area contributed by atoms with Crippen molar-refractivity contribution >= 4 is 21.8 Å². The van der Waals surface area contributed by atoms with Gasteiger partial charge in [0.1, 0.15) is 5.82 Å². The molecule has 1 fully saturated rings. The van der Waals surface area contributed by atoms with Gasteiger partial charge in [0.05, 0.1) is 12.0 Å². The first-order valence-corrected chi connectivity index (χ1v) is 10.3. The minimum absolute atomic E-state index is 0.0940. The Bertz CT molecular complexity index is 938. The maximum atomic E-state index is 13.1. The summed E-state index contributed by atoms with van der Waals surface area (Å²) in [4.78, 5) is 25.7. The van der Waals surface area contributed by atoms with Crippen LogP contribution in [-0.2, 0) is 10.0 Å². The van der Waals surface area contributed by atoms with Crippen molar-refractivity contribution in [3.8, 4) is 0 Å². The predicted octanol–water partition coefficient (Wildman–Crippen LogP) is 0.936. The van der Waals surface area contributed by atoms with E-state index in [1.807, 2.05) is 0 Å². The van der Waals surface area contributed by atoms with Crippen molar-refractivity contribution in [2.45, 2.75) is 0 Å². The number of nitrogens with zero attached hydrogens (tertiary/aromatic N) is 2. The van der Waals surface area contributed by atoms with Crippen molar-refractivity contribution in [3.05, 3.63) is 59.8 Å². The third kappa shape index (κ3) is 4.76. The van der Waals surface area contributed by atoms with Gasteiger partial charge in [-0.05, 0) is 30.3 Å². The average molecular weight is 409 g/mol. The van der Waals surface area contributed by atoms with Crippen LogP contribution < -0.4 is 5.32 Å². The molecule has 0 saturated carbocycles. The third-order valence-electron chi connectivity index (χ3n) is 4.38. The van der Waals surface area contributed by atoms with Crippen molar-refractivity contribution in [1.82, 2.24) is 14.5 Å². The quantitative estimate of drug-likeness (QED) is 0.765. The fraction of sp³-hybridized carbons (Fsp3) is 0.333. The van der Waals surface area contributed by atoms with Gasteiger partial charge in [-0.25, -0.2) is 12.8 Å². The van der Waals surface area contributed by atoms with E-state index in [1.54, 1.807) is 12.1 Å². The van der Waals surface area contributed by atoms with Gasteiger partial charge >= 0.3 is 0 Å². The Balaban J connectivity index is 1.47. The highest BCUT2D eigenvalue weighted by Crippen LogP contribution is 2.12. The van der Waals surface area contributed by atoms with Crippen LogP contribution in [0.15, 0.2) is 47.1 Å². The first kappa shape index (κ1) is 20.0. The Kier molecular flexibility index (Phi) is 6.10. The van der Waals surface area contributed by atoms with Gasteiger partial charge in [-0.1, -0.05) is 6.07 Å². The molecule has 2 amide bonds. The Morgan fingerprint density at radius 3 is 2.50 bits per heavy atom. The third-order valence-corrected chi connectivity index (χ3v) is 6.26. The average Bonchev–Trinajstić information content (AvgIpc) is 3.22. The van der Waals surface area contributed by atoms with Gasteiger partial charge in [0, 0.05) is 38.3 Å². The zero-order valence-electron chi connectivity index (χ0n) is 15.0. The molecule has 0 unspecified atom stereocenters. The highest BCUT2D eigenvalue weighted by atomic mass is 32.2. The van der Waals surface area contributed by atoms with Crippen molar-refractivity contribution in [2.24, 2.45) is 0 Å². The summed E-state index contributed by atoms with van der Waals surface area (Å²) in [6.45, 7) is 0.769. The highest BCUT2D eigenvalue weighted by molar-refractivity contribution is 7.89. The largest absolute Gasteiger partial charge is 0.459 e. The number of hydrogen-bond donors (Lipinski definition) is 1. The number of hydrogen-bond acceptors (Lipinski definition) is 5. The predicted molar refractivity (Wildman–Crippen MR) is 98.7 cm³/mol. The highest BCUT2D eigenvalue weighted by Gasteiger charge is 2.29. The van der Waals surface area contributed by atoms with Crippen LogP contribution in [0, 0.1) is 5.82 Å². The molecular weight excluding hydrogens is 389 g/mol. The second kappa shape index (κ2) is 8.53. The number of furan rings is 1. The lowest BCUT2D eigenvalue weighted by atomic mass is 10.2. The molecule has 150 valence electrons. The fourth-order valence-corrected chi connectivity index (χ4v) is 4.22. The Labute approximate surface area is 162 Å². The lowest BCUT2D eigenvalue weighted by molar-refractivity contribution is 0.0665. The van der Waals surface area contributed by atoms with Crippen LogP contribution >= 0.6 is 0 Å². The molecule has 2 aromatic rings. The Morgan fingerprint density at radius 2 is 1.86 bits per heavy atom. The number of amides is 2. The molecule has 0 bridgehead atoms. The van der Waals surface area contributed by atoms with Crippen molar-refractivity contribution in [3.63, 3.8) is 0 Å². The van der Waals surface area contributed by atoms with E-state index in [9.17, 15) is 22.4 Å². The summed E-state index contributed by atoms with van der Waals surface area (Å²) in [5.74, 6) is -1.41. The standard InChI is InChI=1S/C18H20FN3O5S/c19-15-4-1-3-14(13-15)17(23)20-6-12-28(25,26)22-9-7-21(8-10-22)18(24)16-5-2-11-27-16/h1-5,11,13H,6-10,12H2,(H,20,23). The van der Waals surface area contributed by atoms with Crippen LogP contribution in [0.5, 0.6) is 0 Å². The van der Waals surface area contributed by atoms with E-state index in [4.69, 9.17) is 4.42 Å². The second-order valence-corrected chi connectivity index (χ2v) is 8.34. The van der Waals surface area contributed by atoms with Gasteiger partial charge in [0.25, 0.3) is 11.8 Å². The van der Waals surface area contributed by atoms with E-state index < -0.39 is 21.7 Å². The minimum Gasteiger partial charge on any atom is -0.459 e. The SMILES string of the molecule is O=C(NCCS(=O)(=O)N1CCN(C(=O)c2ccco2)CC1)c1cccc(F)c1. The lowest BCUT2D eigenvalue weighted by Gasteiger charge is -2.33. The van der Waals surface area contributed by atoms with Gasteiger partial charge in [-0.2, -0.15) is 4.31 Å². The summed E-state index contributed by atoms with van der Waals surface area (Å²) in [5.41, 5.74) is 0.127. The summed E-state index contributed by atoms with van der Waals surface area (Å²) >= 11 is 0. The first-order valence-electron chi connectivity index (χ1n) is 8.71. The van der Waals surface area contributed by atoms with Gasteiger partial charge in [0.2, 0.25) is 10.0 Å². The molecule has 8 nitrogen and oxygen atoms in total. The van der Waals surface area contributed by atoms with Crippen molar-refractivity contribution in [1.29, 1.82) is 0 Å². The number of halogens is 1. The van der Waals surface area contributed by atoms with E-state index in [1.165, 1.54) is 33.7 Å². The molecule has 0 spiro atoms. The van der Waals surface area contributed by atoms with Crippen LogP contribution in [0.4, 0.5) is 4.39 Å². The summed E-state index contributed by atoms with van der Waals surface area (Å²) in [6.07, 6.45) is 1.41. The van der Waals surface area contributed by atoms with E-state index in [-0.39, 0.29) is 55.7 Å². The zero-order chi connectivity index (χ0) is 20.1. The molecule has 0 atom stereocenters. The molecule has 1 N–H and O–H groups in total. The normalized spacial score (nSPS) is 15.4. The molecule has 2 heterocycles. The smallest absolute Gasteiger partial charge is 0.289 e. The Morgan fingerprint density at radius 1 is 1.11 bits per heavy atom. The van der Waals surface area contributed by atoms with Gasteiger partial charge in [-0.3, -0.25) is 9.59 Å². The molecule has 1 aliphatic heterocycles. The number of carbonyl (C=O) groups excluding carboxylic acids is 2. The van der Waals surface area contributed by atoms with Crippen LogP contribution in [0.25, 0.3) is 0 Å². The van der Waals surface area contributed by atoms with Crippen LogP contribution in [-0.4, -0.2) is 67.9 Å². The van der Waals surface area contributed by atoms with Crippen LogP contribution in [0.1, 0.15) is 20.9 Å². The number of nitrogens with one attached hydrogen (secondary N) is 1. The van der Waals surface area contributed by atoms with E-state index >= 15 is 0 Å². The van der Waals surface area contributed by atoms with E-state index in [0.29, 0.717) is 0 Å². The van der Waals surface area contributed by atoms with E-state index in [0.717, 1.165) is 6.07 Å². The number of carbonyl (C=O) groups is 2. The molecular formula is C18H20FN3O5S. The maximum Gasteiger partial charge on any atom is 0.289 e. The van der Waals surface area contributed by atoms with Crippen LogP contribution in [0.2, 0.25) is 0 Å². The van der Waals surface area contributed by atoms with Crippen LogP contribution in [0.3, 0.4) is 0 Å². The number of rotatable bonds is 6. The number of sulfonamides is 1. The maximum absolute atomic E-state index is 13.1. The molecule has 10 heteroatoms. The van der Waals surface area contributed by atoms with Crippen molar-refractivity contribution < 1.29 is 26.8 Å². The van der Waals surface area contributed by atoms with Gasteiger partial charge in [0.15, 0.2) is 5.76 Å². The Hall–Kier alpha value is -2.72. The van der Waals surface area contributed by atoms with E-state index in [2.05, 4.69) is 5.32 Å². The first-order chi connectivity index (χ1) is 13.4. The second-order valence-electron chi connectivity index (χ2n) is 6.25. The molecule has 0 aliphatic carbocycles. The summed E-state index contributed by atoms with van der Waals surface area (Å²) in [7, 11) is -3.59. The number of benzene rings is 1. The molecule has 0 radical (unpaired) electrons. The van der Waals surface area contributed by atoms with Gasteiger partial charge in [-0.15, -0.1) is 0 Å². The molecule has 1 aromatic heterocycles. The minimum atomic E-state index is -3.59. The summed E-state index contributed by atoms with van der Waals surface area (Å²) in [6, 6.07) is 8.34.